The van der Waals surface area contributed by atoms with Crippen LogP contribution in [0.15, 0.2) is 15.9 Å². The molecule has 0 unspecified atom stereocenters. The zero-order valence-corrected chi connectivity index (χ0v) is 10.3. The van der Waals surface area contributed by atoms with Crippen molar-refractivity contribution in [1.29, 1.82) is 0 Å². The summed E-state index contributed by atoms with van der Waals surface area (Å²) in [5, 5.41) is 5.19. The van der Waals surface area contributed by atoms with Crippen molar-refractivity contribution in [2.45, 2.75) is 24.9 Å². The number of nitrogens with one attached hydrogen (secondary N) is 1. The Morgan fingerprint density at radius 2 is 2.21 bits per heavy atom. The molecule has 0 atom stereocenters. The molecule has 0 saturated carbocycles. The quantitative estimate of drug-likeness (QED) is 0.876. The van der Waals surface area contributed by atoms with E-state index in [1.807, 2.05) is 11.4 Å². The van der Waals surface area contributed by atoms with E-state index in [-0.39, 0.29) is 0 Å². The lowest BCUT2D eigenvalue weighted by molar-refractivity contribution is 0.117. The van der Waals surface area contributed by atoms with E-state index < -0.39 is 5.67 Å². The summed E-state index contributed by atoms with van der Waals surface area (Å²) in [5.41, 5.74) is -0.987. The van der Waals surface area contributed by atoms with Crippen LogP contribution in [0.4, 0.5) is 4.39 Å². The molecule has 0 bridgehead atoms. The Bertz CT molecular complexity index is 307. The maximum Gasteiger partial charge on any atom is 0.118 e. The lowest BCUT2D eigenvalue weighted by Gasteiger charge is -2.29. The van der Waals surface area contributed by atoms with Gasteiger partial charge in [0.2, 0.25) is 0 Å². The van der Waals surface area contributed by atoms with Crippen LogP contribution in [0.25, 0.3) is 0 Å². The predicted molar refractivity (Wildman–Crippen MR) is 61.7 cm³/mol. The van der Waals surface area contributed by atoms with Gasteiger partial charge < -0.3 is 5.32 Å². The van der Waals surface area contributed by atoms with Crippen LogP contribution < -0.4 is 5.32 Å². The average Bonchev–Trinajstić information content (AvgIpc) is 2.52. The first kappa shape index (κ1) is 10.6. The van der Waals surface area contributed by atoms with E-state index in [2.05, 4.69) is 21.2 Å². The Morgan fingerprint density at radius 3 is 2.79 bits per heavy atom. The number of piperidine rings is 1. The summed E-state index contributed by atoms with van der Waals surface area (Å²) in [6, 6.07) is 1.99. The maximum absolute atomic E-state index is 14.3. The zero-order chi connectivity index (χ0) is 10.0. The number of hydrogen-bond donors (Lipinski definition) is 1. The van der Waals surface area contributed by atoms with Gasteiger partial charge in [-0.2, -0.15) is 0 Å². The van der Waals surface area contributed by atoms with Crippen LogP contribution in [0, 0.1) is 0 Å². The highest BCUT2D eigenvalue weighted by molar-refractivity contribution is 9.10. The van der Waals surface area contributed by atoms with Gasteiger partial charge in [0.25, 0.3) is 0 Å². The third-order valence-corrected chi connectivity index (χ3v) is 4.59. The minimum absolute atomic E-state index is 0.562. The molecule has 4 heteroatoms. The summed E-state index contributed by atoms with van der Waals surface area (Å²) in [5.74, 6) is 0. The maximum atomic E-state index is 14.3. The molecule has 78 valence electrons. The van der Waals surface area contributed by atoms with Crippen LogP contribution in [-0.2, 0) is 6.42 Å². The van der Waals surface area contributed by atoms with Crippen LogP contribution in [0.5, 0.6) is 0 Å². The van der Waals surface area contributed by atoms with Gasteiger partial charge in [-0.05, 0) is 53.3 Å². The molecule has 1 aromatic rings. The highest BCUT2D eigenvalue weighted by Crippen LogP contribution is 2.33. The van der Waals surface area contributed by atoms with E-state index in [1.165, 1.54) is 0 Å². The van der Waals surface area contributed by atoms with Crippen LogP contribution >= 0.6 is 27.3 Å². The first-order valence-electron chi connectivity index (χ1n) is 4.81. The fraction of sp³-hybridized carbons (Fsp3) is 0.600. The Hall–Kier alpha value is 0.0700. The van der Waals surface area contributed by atoms with E-state index in [0.29, 0.717) is 19.3 Å². The minimum atomic E-state index is -0.987. The molecular weight excluding hydrogens is 265 g/mol. The summed E-state index contributed by atoms with van der Waals surface area (Å²) in [6.07, 6.45) is 1.83. The van der Waals surface area contributed by atoms with Gasteiger partial charge in [-0.15, -0.1) is 11.3 Å². The molecule has 1 nitrogen and oxygen atoms in total. The largest absolute Gasteiger partial charge is 0.316 e. The molecule has 0 radical (unpaired) electrons. The second kappa shape index (κ2) is 4.29. The normalized spacial score (nSPS) is 21.0. The molecule has 1 aliphatic heterocycles. The van der Waals surface area contributed by atoms with Gasteiger partial charge in [0.05, 0.1) is 0 Å². The predicted octanol–water partition coefficient (Wildman–Crippen LogP) is 3.14. The van der Waals surface area contributed by atoms with E-state index >= 15 is 0 Å². The standard InChI is InChI=1S/C10H13BrFNS/c11-8-1-6-14-9(8)7-10(12)2-4-13-5-3-10/h1,6,13H,2-5,7H2. The third kappa shape index (κ3) is 2.35. The lowest BCUT2D eigenvalue weighted by Crippen LogP contribution is -2.40. The number of hydrogen-bond acceptors (Lipinski definition) is 2. The Labute approximate surface area is 95.8 Å². The molecule has 1 aliphatic rings. The van der Waals surface area contributed by atoms with Gasteiger partial charge in [-0.25, -0.2) is 4.39 Å². The molecule has 0 amide bonds. The molecule has 14 heavy (non-hydrogen) atoms. The highest BCUT2D eigenvalue weighted by Gasteiger charge is 2.32. The zero-order valence-electron chi connectivity index (χ0n) is 7.85. The molecule has 0 aliphatic carbocycles. The molecule has 1 aromatic heterocycles. The van der Waals surface area contributed by atoms with Crippen molar-refractivity contribution >= 4 is 27.3 Å². The number of halogens is 2. The summed E-state index contributed by atoms with van der Waals surface area (Å²) < 4.78 is 15.3. The van der Waals surface area contributed by atoms with Crippen molar-refractivity contribution in [2.24, 2.45) is 0 Å². The molecular formula is C10H13BrFNS. The van der Waals surface area contributed by atoms with Gasteiger partial charge in [-0.3, -0.25) is 0 Å². The number of thiophene rings is 1. The molecule has 1 fully saturated rings. The minimum Gasteiger partial charge on any atom is -0.316 e. The van der Waals surface area contributed by atoms with Gasteiger partial charge >= 0.3 is 0 Å². The lowest BCUT2D eigenvalue weighted by atomic mass is 9.90. The Balaban J connectivity index is 2.05. The van der Waals surface area contributed by atoms with Crippen LogP contribution in [0.1, 0.15) is 17.7 Å². The summed E-state index contributed by atoms with van der Waals surface area (Å²) in [4.78, 5) is 1.13. The number of alkyl halides is 1. The Kier molecular flexibility index (Phi) is 3.24. The average molecular weight is 278 g/mol. The van der Waals surface area contributed by atoms with E-state index in [4.69, 9.17) is 0 Å². The first-order chi connectivity index (χ1) is 6.70. The second-order valence-electron chi connectivity index (χ2n) is 3.77. The SMILES string of the molecule is FC1(Cc2sccc2Br)CCNCC1. The third-order valence-electron chi connectivity index (χ3n) is 2.67. The van der Waals surface area contributed by atoms with Gasteiger partial charge in [0.1, 0.15) is 5.67 Å². The van der Waals surface area contributed by atoms with Crippen LogP contribution in [0.3, 0.4) is 0 Å². The van der Waals surface area contributed by atoms with Crippen LogP contribution in [0.2, 0.25) is 0 Å². The van der Waals surface area contributed by atoms with E-state index in [9.17, 15) is 4.39 Å². The van der Waals surface area contributed by atoms with Gasteiger partial charge in [0, 0.05) is 15.8 Å². The summed E-state index contributed by atoms with van der Waals surface area (Å²) in [7, 11) is 0. The molecule has 1 saturated heterocycles. The van der Waals surface area contributed by atoms with Crippen LogP contribution in [-0.4, -0.2) is 18.8 Å². The van der Waals surface area contributed by atoms with Crippen molar-refractivity contribution in [1.82, 2.24) is 5.32 Å². The highest BCUT2D eigenvalue weighted by atomic mass is 79.9. The van der Waals surface area contributed by atoms with Crippen molar-refractivity contribution in [3.8, 4) is 0 Å². The monoisotopic (exact) mass is 277 g/mol. The second-order valence-corrected chi connectivity index (χ2v) is 5.62. The van der Waals surface area contributed by atoms with Gasteiger partial charge in [0.15, 0.2) is 0 Å². The fourth-order valence-electron chi connectivity index (χ4n) is 1.79. The molecule has 2 rings (SSSR count). The summed E-state index contributed by atoms with van der Waals surface area (Å²) in [6.45, 7) is 1.61. The molecule has 1 N–H and O–H groups in total. The van der Waals surface area contributed by atoms with Crippen molar-refractivity contribution < 1.29 is 4.39 Å². The smallest absolute Gasteiger partial charge is 0.118 e. The summed E-state index contributed by atoms with van der Waals surface area (Å²) >= 11 is 5.08. The molecule has 2 heterocycles. The molecule has 0 aromatic carbocycles. The topological polar surface area (TPSA) is 12.0 Å². The fourth-order valence-corrected chi connectivity index (χ4v) is 3.41. The van der Waals surface area contributed by atoms with Gasteiger partial charge in [-0.1, -0.05) is 0 Å². The van der Waals surface area contributed by atoms with Crippen molar-refractivity contribution in [3.05, 3.63) is 20.8 Å². The Morgan fingerprint density at radius 1 is 1.50 bits per heavy atom. The van der Waals surface area contributed by atoms with Crippen molar-refractivity contribution in [2.75, 3.05) is 13.1 Å². The van der Waals surface area contributed by atoms with E-state index in [0.717, 1.165) is 22.4 Å². The number of rotatable bonds is 2. The first-order valence-corrected chi connectivity index (χ1v) is 6.48. The van der Waals surface area contributed by atoms with E-state index in [1.54, 1.807) is 11.3 Å². The van der Waals surface area contributed by atoms with Crippen molar-refractivity contribution in [3.63, 3.8) is 0 Å². The molecule has 0 spiro atoms.